The molecule has 2 rings (SSSR count). The zero-order valence-electron chi connectivity index (χ0n) is 11.7. The van der Waals surface area contributed by atoms with E-state index in [1.807, 2.05) is 20.0 Å². The molecule has 0 aliphatic rings. The van der Waals surface area contributed by atoms with Crippen LogP contribution in [0.1, 0.15) is 15.9 Å². The molecule has 2 aromatic carbocycles. The first-order chi connectivity index (χ1) is 10.0. The van der Waals surface area contributed by atoms with E-state index in [0.29, 0.717) is 11.3 Å². The Balaban J connectivity index is 2.14. The number of hydrogen-bond donors (Lipinski definition) is 2. The highest BCUT2D eigenvalue weighted by Crippen LogP contribution is 2.19. The molecule has 0 saturated carbocycles. The van der Waals surface area contributed by atoms with Gasteiger partial charge in [-0.15, -0.1) is 0 Å². The normalized spacial score (nSPS) is 10.0. The van der Waals surface area contributed by atoms with Gasteiger partial charge in [-0.3, -0.25) is 14.9 Å². The second-order valence-electron chi connectivity index (χ2n) is 4.54. The number of carbonyl (C=O) groups is 1. The van der Waals surface area contributed by atoms with E-state index in [2.05, 4.69) is 10.6 Å². The summed E-state index contributed by atoms with van der Waals surface area (Å²) in [5, 5.41) is 16.3. The summed E-state index contributed by atoms with van der Waals surface area (Å²) in [6.07, 6.45) is 0. The molecule has 0 bridgehead atoms. The molecule has 0 heterocycles. The second-order valence-corrected chi connectivity index (χ2v) is 4.54. The third-order valence-corrected chi connectivity index (χ3v) is 3.09. The number of hydrogen-bond acceptors (Lipinski definition) is 4. The van der Waals surface area contributed by atoms with E-state index >= 15 is 0 Å². The van der Waals surface area contributed by atoms with Crippen LogP contribution >= 0.6 is 0 Å². The smallest absolute Gasteiger partial charge is 0.269 e. The van der Waals surface area contributed by atoms with E-state index in [-0.39, 0.29) is 11.6 Å². The van der Waals surface area contributed by atoms with Gasteiger partial charge in [0.2, 0.25) is 0 Å². The molecule has 0 aromatic heterocycles. The van der Waals surface area contributed by atoms with Crippen LogP contribution < -0.4 is 10.6 Å². The van der Waals surface area contributed by atoms with Gasteiger partial charge >= 0.3 is 0 Å². The summed E-state index contributed by atoms with van der Waals surface area (Å²) >= 11 is 0. The summed E-state index contributed by atoms with van der Waals surface area (Å²) in [4.78, 5) is 22.2. The number of non-ortho nitro benzene ring substituents is 1. The van der Waals surface area contributed by atoms with Gasteiger partial charge in [0.05, 0.1) is 4.92 Å². The standard InChI is InChI=1S/C15H15N3O3/c1-10-9-11(3-8-14(10)16-2)15(19)17-12-4-6-13(7-5-12)18(20)21/h3-9,16H,1-2H3,(H,17,19). The van der Waals surface area contributed by atoms with E-state index in [1.165, 1.54) is 24.3 Å². The number of rotatable bonds is 4. The number of aryl methyl sites for hydroxylation is 1. The summed E-state index contributed by atoms with van der Waals surface area (Å²) < 4.78 is 0. The van der Waals surface area contributed by atoms with Crippen molar-refractivity contribution >= 4 is 23.0 Å². The molecule has 21 heavy (non-hydrogen) atoms. The van der Waals surface area contributed by atoms with Crippen molar-refractivity contribution in [2.45, 2.75) is 6.92 Å². The largest absolute Gasteiger partial charge is 0.388 e. The molecule has 6 heteroatoms. The SMILES string of the molecule is CNc1ccc(C(=O)Nc2ccc([N+](=O)[O-])cc2)cc1C. The van der Waals surface area contributed by atoms with Crippen LogP contribution in [-0.2, 0) is 0 Å². The lowest BCUT2D eigenvalue weighted by molar-refractivity contribution is -0.384. The third-order valence-electron chi connectivity index (χ3n) is 3.09. The number of benzene rings is 2. The molecule has 0 saturated heterocycles. The van der Waals surface area contributed by atoms with Crippen LogP contribution in [0.25, 0.3) is 0 Å². The maximum atomic E-state index is 12.1. The molecule has 2 aromatic rings. The van der Waals surface area contributed by atoms with Crippen molar-refractivity contribution in [1.82, 2.24) is 0 Å². The second kappa shape index (κ2) is 6.04. The third kappa shape index (κ3) is 3.36. The molecule has 108 valence electrons. The van der Waals surface area contributed by atoms with Crippen molar-refractivity contribution in [1.29, 1.82) is 0 Å². The van der Waals surface area contributed by atoms with Gasteiger partial charge in [-0.05, 0) is 42.8 Å². The lowest BCUT2D eigenvalue weighted by Gasteiger charge is -2.09. The van der Waals surface area contributed by atoms with Gasteiger partial charge in [-0.2, -0.15) is 0 Å². The minimum absolute atomic E-state index is 0.0118. The topological polar surface area (TPSA) is 84.3 Å². The van der Waals surface area contributed by atoms with E-state index < -0.39 is 4.92 Å². The number of nitro benzene ring substituents is 1. The fourth-order valence-corrected chi connectivity index (χ4v) is 1.96. The molecule has 1 amide bonds. The first kappa shape index (κ1) is 14.5. The van der Waals surface area contributed by atoms with Gasteiger partial charge in [0, 0.05) is 36.1 Å². The zero-order valence-corrected chi connectivity index (χ0v) is 11.7. The van der Waals surface area contributed by atoms with Gasteiger partial charge in [0.1, 0.15) is 0 Å². The quantitative estimate of drug-likeness (QED) is 0.667. The number of anilines is 2. The van der Waals surface area contributed by atoms with Crippen LogP contribution in [0, 0.1) is 17.0 Å². The Bertz CT molecular complexity index is 681. The van der Waals surface area contributed by atoms with E-state index in [9.17, 15) is 14.9 Å². The molecule has 0 radical (unpaired) electrons. The molecule has 6 nitrogen and oxygen atoms in total. The Labute approximate surface area is 121 Å². The maximum absolute atomic E-state index is 12.1. The molecular formula is C15H15N3O3. The van der Waals surface area contributed by atoms with Crippen molar-refractivity contribution in [3.8, 4) is 0 Å². The minimum Gasteiger partial charge on any atom is -0.388 e. The van der Waals surface area contributed by atoms with Crippen molar-refractivity contribution in [2.24, 2.45) is 0 Å². The lowest BCUT2D eigenvalue weighted by Crippen LogP contribution is -2.12. The highest BCUT2D eigenvalue weighted by atomic mass is 16.6. The van der Waals surface area contributed by atoms with Gasteiger partial charge in [-0.1, -0.05) is 0 Å². The van der Waals surface area contributed by atoms with E-state index in [1.54, 1.807) is 12.1 Å². The average Bonchev–Trinajstić information content (AvgIpc) is 2.47. The molecule has 2 N–H and O–H groups in total. The summed E-state index contributed by atoms with van der Waals surface area (Å²) in [7, 11) is 1.82. The molecule has 0 aliphatic carbocycles. The van der Waals surface area contributed by atoms with Gasteiger partial charge in [0.25, 0.3) is 11.6 Å². The van der Waals surface area contributed by atoms with E-state index in [4.69, 9.17) is 0 Å². The van der Waals surface area contributed by atoms with Gasteiger partial charge < -0.3 is 10.6 Å². The van der Waals surface area contributed by atoms with Crippen molar-refractivity contribution in [3.63, 3.8) is 0 Å². The highest BCUT2D eigenvalue weighted by Gasteiger charge is 2.09. The first-order valence-electron chi connectivity index (χ1n) is 6.35. The van der Waals surface area contributed by atoms with Crippen LogP contribution in [0.15, 0.2) is 42.5 Å². The minimum atomic E-state index is -0.481. The summed E-state index contributed by atoms with van der Waals surface area (Å²) in [6.45, 7) is 1.91. The monoisotopic (exact) mass is 285 g/mol. The van der Waals surface area contributed by atoms with Crippen LogP contribution in [0.5, 0.6) is 0 Å². The molecule has 0 aliphatic heterocycles. The molecule has 0 fully saturated rings. The highest BCUT2D eigenvalue weighted by molar-refractivity contribution is 6.04. The fraction of sp³-hybridized carbons (Fsp3) is 0.133. The fourth-order valence-electron chi connectivity index (χ4n) is 1.96. The predicted octanol–water partition coefficient (Wildman–Crippen LogP) is 3.20. The molecule has 0 spiro atoms. The average molecular weight is 285 g/mol. The van der Waals surface area contributed by atoms with Crippen molar-refractivity contribution in [2.75, 3.05) is 17.7 Å². The Kier molecular flexibility index (Phi) is 4.18. The number of carbonyl (C=O) groups excluding carboxylic acids is 1. The predicted molar refractivity (Wildman–Crippen MR) is 81.8 cm³/mol. The van der Waals surface area contributed by atoms with Crippen LogP contribution in [0.2, 0.25) is 0 Å². The number of nitrogens with zero attached hydrogens (tertiary/aromatic N) is 1. The Morgan fingerprint density at radius 3 is 2.33 bits per heavy atom. The molecule has 0 unspecified atom stereocenters. The maximum Gasteiger partial charge on any atom is 0.269 e. The number of nitrogens with one attached hydrogen (secondary N) is 2. The zero-order chi connectivity index (χ0) is 15.4. The van der Waals surface area contributed by atoms with Gasteiger partial charge in [-0.25, -0.2) is 0 Å². The van der Waals surface area contributed by atoms with Crippen LogP contribution in [-0.4, -0.2) is 17.9 Å². The van der Waals surface area contributed by atoms with Crippen LogP contribution in [0.4, 0.5) is 17.1 Å². The summed E-state index contributed by atoms with van der Waals surface area (Å²) in [5.74, 6) is -0.255. The van der Waals surface area contributed by atoms with Crippen molar-refractivity contribution in [3.05, 3.63) is 63.7 Å². The van der Waals surface area contributed by atoms with Gasteiger partial charge in [0.15, 0.2) is 0 Å². The molecule has 0 atom stereocenters. The number of amides is 1. The Hall–Kier alpha value is -2.89. The first-order valence-corrected chi connectivity index (χ1v) is 6.35. The van der Waals surface area contributed by atoms with E-state index in [0.717, 1.165) is 11.3 Å². The van der Waals surface area contributed by atoms with Crippen LogP contribution in [0.3, 0.4) is 0 Å². The lowest BCUT2D eigenvalue weighted by atomic mass is 10.1. The Morgan fingerprint density at radius 1 is 1.14 bits per heavy atom. The summed E-state index contributed by atoms with van der Waals surface area (Å²) in [5.41, 5.74) is 2.96. The van der Waals surface area contributed by atoms with Crippen molar-refractivity contribution < 1.29 is 9.72 Å². The number of nitro groups is 1. The molecular weight excluding hydrogens is 270 g/mol. The Morgan fingerprint density at radius 2 is 1.81 bits per heavy atom. The summed E-state index contributed by atoms with van der Waals surface area (Å²) in [6, 6.07) is 11.1.